The van der Waals surface area contributed by atoms with Gasteiger partial charge in [-0.2, -0.15) is 27.0 Å². The van der Waals surface area contributed by atoms with E-state index in [1.165, 1.54) is 16.7 Å². The van der Waals surface area contributed by atoms with E-state index in [1.807, 2.05) is 52.3 Å². The molecule has 2 aliphatic heterocycles. The molecular weight excluding hydrogens is 679 g/mol. The molecule has 0 radical (unpaired) electrons. The minimum absolute atomic E-state index is 0. The second-order valence-corrected chi connectivity index (χ2v) is 12.1. The maximum atomic E-state index is 12.9. The second kappa shape index (κ2) is 15.9. The Bertz CT molecular complexity index is 1350. The molecule has 0 bridgehead atoms. The number of nitrogens with one attached hydrogen (secondary N) is 1. The smallest absolute Gasteiger partial charge is 0.230 e. The van der Waals surface area contributed by atoms with Crippen LogP contribution >= 0.6 is 27.0 Å². The fourth-order valence-electron chi connectivity index (χ4n) is 6.56. The topological polar surface area (TPSA) is 78.7 Å². The number of likely N-dealkylation sites (tertiary alicyclic amines) is 2. The summed E-state index contributed by atoms with van der Waals surface area (Å²) < 4.78 is 0. The van der Waals surface area contributed by atoms with E-state index in [0.717, 1.165) is 38.8 Å². The van der Waals surface area contributed by atoms with Crippen LogP contribution in [0.3, 0.4) is 0 Å². The van der Waals surface area contributed by atoms with Crippen molar-refractivity contribution < 1.29 is 31.4 Å². The van der Waals surface area contributed by atoms with Crippen molar-refractivity contribution in [3.05, 3.63) is 115 Å². The van der Waals surface area contributed by atoms with Gasteiger partial charge in [0.25, 0.3) is 0 Å². The summed E-state index contributed by atoms with van der Waals surface area (Å²) in [7, 11) is 0. The molecule has 3 aromatic carbocycles. The van der Waals surface area contributed by atoms with Gasteiger partial charge in [0.05, 0.1) is 10.8 Å². The minimum Gasteiger partial charge on any atom is -0.358 e. The van der Waals surface area contributed by atoms with Crippen LogP contribution in [0.2, 0.25) is 0 Å². The summed E-state index contributed by atoms with van der Waals surface area (Å²) in [5, 5.41) is 3.73. The number of nitrogens with zero attached hydrogens (tertiary/aromatic N) is 2. The van der Waals surface area contributed by atoms with E-state index in [4.69, 9.17) is 5.73 Å². The van der Waals surface area contributed by atoms with Crippen LogP contribution in [0.4, 0.5) is 0 Å². The third kappa shape index (κ3) is 7.81. The molecule has 2 amide bonds. The average Bonchev–Trinajstić information content (AvgIpc) is 3.91. The molecule has 3 atom stereocenters. The van der Waals surface area contributed by atoms with Gasteiger partial charge in [0.1, 0.15) is 0 Å². The van der Waals surface area contributed by atoms with Gasteiger partial charge in [0.2, 0.25) is 11.8 Å². The zero-order chi connectivity index (χ0) is 27.7. The van der Waals surface area contributed by atoms with Crippen LogP contribution in [0.15, 0.2) is 91.0 Å². The Morgan fingerprint density at radius 2 is 1.16 bits per heavy atom. The van der Waals surface area contributed by atoms with Gasteiger partial charge in [-0.1, -0.05) is 91.0 Å². The third-order valence-corrected chi connectivity index (χ3v) is 9.38. The van der Waals surface area contributed by atoms with Gasteiger partial charge >= 0.3 is 0 Å². The summed E-state index contributed by atoms with van der Waals surface area (Å²) in [6, 6.07) is 31.4. The summed E-state index contributed by atoms with van der Waals surface area (Å²) in [6.07, 6.45) is 4.02. The van der Waals surface area contributed by atoms with E-state index in [2.05, 4.69) is 60.8 Å². The predicted molar refractivity (Wildman–Crippen MR) is 186 cm³/mol. The van der Waals surface area contributed by atoms with Crippen LogP contribution < -0.4 is 11.1 Å². The quantitative estimate of drug-likeness (QED) is 0.246. The van der Waals surface area contributed by atoms with E-state index in [0.29, 0.717) is 19.0 Å². The number of benzene rings is 3. The predicted octanol–water partition coefficient (Wildman–Crippen LogP) is 5.58. The largest absolute Gasteiger partial charge is 0.358 e. The second-order valence-electron chi connectivity index (χ2n) is 12.1. The molecule has 3 aromatic rings. The van der Waals surface area contributed by atoms with E-state index < -0.39 is 0 Å². The first-order chi connectivity index (χ1) is 19.4. The molecule has 9 heteroatoms. The molecule has 2 saturated heterocycles. The molecule has 0 unspecified atom stereocenters. The molecule has 2 heterocycles. The Morgan fingerprint density at radius 3 is 1.59 bits per heavy atom. The standard InChI is InChI=1S/C21H24N2O.C13H16N2O.CH3.Pd.2H2S.H2/c1-16(18-10-6-3-7-11-18)22-19-15-23(20(24)21(19)12-13-21)14-17-8-4-2-5-9-17;14-11-9-15(12(16)13(11)6-7-13)8-10-4-2-1-3-5-10;;;;;/h2-11,16,19,22H,12-15H2,1H3;1-5,11H,6-9,14H2;1H3;;2*1H2;1H/q;;-1;;;;/t16-,19-;11-;;;;;/m11...../s1. The zero-order valence-electron chi connectivity index (χ0n) is 25.7. The first-order valence-electron chi connectivity index (χ1n) is 14.6. The fourth-order valence-corrected chi connectivity index (χ4v) is 6.56. The van der Waals surface area contributed by atoms with E-state index in [1.54, 1.807) is 0 Å². The summed E-state index contributed by atoms with van der Waals surface area (Å²) in [5.41, 5.74) is 9.40. The molecule has 244 valence electrons. The Morgan fingerprint density at radius 1 is 0.750 bits per heavy atom. The van der Waals surface area contributed by atoms with Crippen molar-refractivity contribution in [2.24, 2.45) is 16.6 Å². The fraction of sp³-hybridized carbons (Fsp3) is 0.400. The van der Waals surface area contributed by atoms with Crippen LogP contribution in [-0.2, 0) is 43.1 Å². The third-order valence-electron chi connectivity index (χ3n) is 9.38. The number of rotatable bonds is 7. The first-order valence-corrected chi connectivity index (χ1v) is 14.6. The van der Waals surface area contributed by atoms with Crippen LogP contribution in [0.25, 0.3) is 0 Å². The van der Waals surface area contributed by atoms with Crippen LogP contribution in [0.1, 0.15) is 56.8 Å². The normalized spacial score (nSPS) is 22.0. The van der Waals surface area contributed by atoms with Crippen molar-refractivity contribution in [2.45, 2.75) is 63.8 Å². The van der Waals surface area contributed by atoms with Crippen LogP contribution in [0, 0.1) is 18.3 Å². The first kappa shape index (κ1) is 38.1. The average molecular weight is 728 g/mol. The van der Waals surface area contributed by atoms with Gasteiger partial charge in [-0.25, -0.2) is 0 Å². The minimum atomic E-state index is -0.172. The van der Waals surface area contributed by atoms with Crippen molar-refractivity contribution >= 4 is 38.8 Å². The number of carbonyl (C=O) groups excluding carboxylic acids is 2. The van der Waals surface area contributed by atoms with Crippen LogP contribution in [-0.4, -0.2) is 46.8 Å². The molecular formula is C35H49N4O2PdS2-. The Hall–Kier alpha value is -2.12. The van der Waals surface area contributed by atoms with Crippen molar-refractivity contribution in [2.75, 3.05) is 13.1 Å². The zero-order valence-corrected chi connectivity index (χ0v) is 29.2. The van der Waals surface area contributed by atoms with E-state index >= 15 is 0 Å². The molecule has 3 N–H and O–H groups in total. The van der Waals surface area contributed by atoms with Gasteiger partial charge in [0.15, 0.2) is 0 Å². The molecule has 2 aliphatic carbocycles. The Balaban J connectivity index is 0.000000429. The molecule has 4 aliphatic rings. The molecule has 0 aromatic heterocycles. The van der Waals surface area contributed by atoms with Gasteiger partial charge < -0.3 is 28.3 Å². The maximum absolute atomic E-state index is 12.9. The summed E-state index contributed by atoms with van der Waals surface area (Å²) in [4.78, 5) is 29.0. The maximum Gasteiger partial charge on any atom is 0.230 e. The van der Waals surface area contributed by atoms with Gasteiger partial charge in [-0.3, -0.25) is 9.59 Å². The summed E-state index contributed by atoms with van der Waals surface area (Å²) >= 11 is 0. The molecule has 7 rings (SSSR count). The molecule has 4 fully saturated rings. The van der Waals surface area contributed by atoms with Gasteiger partial charge in [0, 0.05) is 66.2 Å². The molecule has 44 heavy (non-hydrogen) atoms. The molecule has 6 nitrogen and oxygen atoms in total. The van der Waals surface area contributed by atoms with Gasteiger partial charge in [-0.05, 0) is 49.3 Å². The Kier molecular flexibility index (Phi) is 13.8. The number of nitrogens with two attached hydrogens (primary N) is 1. The molecule has 2 spiro atoms. The van der Waals surface area contributed by atoms with Crippen LogP contribution in [0.5, 0.6) is 0 Å². The van der Waals surface area contributed by atoms with Crippen molar-refractivity contribution in [3.63, 3.8) is 0 Å². The van der Waals surface area contributed by atoms with Crippen molar-refractivity contribution in [3.8, 4) is 0 Å². The number of amides is 2. The number of hydrogen-bond donors (Lipinski definition) is 2. The summed E-state index contributed by atoms with van der Waals surface area (Å²) in [5.74, 6) is 0.605. The monoisotopic (exact) mass is 727 g/mol. The molecule has 2 saturated carbocycles. The Labute approximate surface area is 292 Å². The number of hydrogen-bond acceptors (Lipinski definition) is 4. The number of carbonyl (C=O) groups is 2. The van der Waals surface area contributed by atoms with Crippen molar-refractivity contribution in [1.29, 1.82) is 0 Å². The van der Waals surface area contributed by atoms with Gasteiger partial charge in [-0.15, -0.1) is 0 Å². The summed E-state index contributed by atoms with van der Waals surface area (Å²) in [6.45, 7) is 5.14. The van der Waals surface area contributed by atoms with E-state index in [-0.39, 0.29) is 91.1 Å². The van der Waals surface area contributed by atoms with E-state index in [9.17, 15) is 9.59 Å². The van der Waals surface area contributed by atoms with Crippen molar-refractivity contribution in [1.82, 2.24) is 15.1 Å². The SMILES string of the molecule is C[C@@H](N[C@@H]1CN(Cc2ccccc2)C(=O)C12CC2)c1ccccc1.N[C@@H]1CN(Cc2ccccc2)C(=O)C12CC2.S.S.[CH3-].[HH].[Pd].